The first-order chi connectivity index (χ1) is 12.1. The Balaban J connectivity index is 1.53. The largest absolute Gasteiger partial charge is 0.338 e. The number of hydrogen-bond donors (Lipinski definition) is 0. The van der Waals surface area contributed by atoms with Crippen LogP contribution in [0.15, 0.2) is 53.3 Å². The molecule has 1 aromatic heterocycles. The molecule has 2 unspecified atom stereocenters. The normalized spacial score (nSPS) is 22.0. The van der Waals surface area contributed by atoms with E-state index in [1.54, 1.807) is 18.2 Å². The molecule has 0 saturated carbocycles. The number of halogens is 1. The predicted octanol–water partition coefficient (Wildman–Crippen LogP) is 3.16. The number of carbonyl (C=O) groups is 1. The van der Waals surface area contributed by atoms with Gasteiger partial charge in [-0.1, -0.05) is 35.9 Å². The number of hydrogen-bond acceptors (Lipinski definition) is 2. The van der Waals surface area contributed by atoms with Crippen molar-refractivity contribution in [1.29, 1.82) is 0 Å². The van der Waals surface area contributed by atoms with Crippen LogP contribution in [0, 0.1) is 5.92 Å². The highest BCUT2D eigenvalue weighted by molar-refractivity contribution is 6.32. The van der Waals surface area contributed by atoms with Crippen molar-refractivity contribution in [1.82, 2.24) is 9.47 Å². The zero-order valence-corrected chi connectivity index (χ0v) is 14.5. The monoisotopic (exact) mass is 354 g/mol. The molecule has 0 radical (unpaired) electrons. The Kier molecular flexibility index (Phi) is 4.22. The maximum Gasteiger partial charge on any atom is 0.250 e. The summed E-state index contributed by atoms with van der Waals surface area (Å²) < 4.78 is 1.88. The van der Waals surface area contributed by atoms with E-state index in [9.17, 15) is 9.59 Å². The van der Waals surface area contributed by atoms with Gasteiger partial charge >= 0.3 is 0 Å². The van der Waals surface area contributed by atoms with E-state index in [4.69, 9.17) is 11.6 Å². The molecule has 1 saturated heterocycles. The second-order valence-corrected chi connectivity index (χ2v) is 7.20. The molecule has 5 heteroatoms. The number of likely N-dealkylation sites (tertiary alicyclic amines) is 1. The number of fused-ring (bicyclic) bond motifs is 4. The van der Waals surface area contributed by atoms with Crippen molar-refractivity contribution < 1.29 is 4.79 Å². The van der Waals surface area contributed by atoms with Crippen LogP contribution in [0.5, 0.6) is 0 Å². The van der Waals surface area contributed by atoms with Crippen LogP contribution in [0.4, 0.5) is 0 Å². The lowest BCUT2D eigenvalue weighted by atomic mass is 9.83. The highest BCUT2D eigenvalue weighted by Gasteiger charge is 2.35. The molecule has 0 spiro atoms. The van der Waals surface area contributed by atoms with Gasteiger partial charge in [0.05, 0.1) is 0 Å². The Morgan fingerprint density at radius 1 is 1.08 bits per heavy atom. The number of benzene rings is 1. The standard InChI is InChI=1S/C20H19ClN2O2/c21-17-5-2-1-4-15(17)8-9-19(24)22-11-14-10-16(13-22)18-6-3-7-20(25)23(18)12-14/h1-9,14,16H,10-13H2/b9-8+. The lowest BCUT2D eigenvalue weighted by Crippen LogP contribution is -2.48. The first kappa shape index (κ1) is 16.2. The van der Waals surface area contributed by atoms with E-state index in [1.807, 2.05) is 45.9 Å². The number of piperidine rings is 1. The maximum atomic E-state index is 12.6. The SMILES string of the molecule is O=C(/C=C/c1ccccc1Cl)N1CC2CC(C1)c1cccc(=O)n1C2. The number of nitrogens with zero attached hydrogens (tertiary/aromatic N) is 2. The number of rotatable bonds is 2. The molecule has 4 rings (SSSR count). The molecule has 0 aliphatic carbocycles. The molecule has 2 aliphatic rings. The highest BCUT2D eigenvalue weighted by atomic mass is 35.5. The summed E-state index contributed by atoms with van der Waals surface area (Å²) in [4.78, 5) is 26.6. The summed E-state index contributed by atoms with van der Waals surface area (Å²) in [7, 11) is 0. The third-order valence-corrected chi connectivity index (χ3v) is 5.45. The highest BCUT2D eigenvalue weighted by Crippen LogP contribution is 2.35. The minimum Gasteiger partial charge on any atom is -0.338 e. The van der Waals surface area contributed by atoms with Gasteiger partial charge in [-0.15, -0.1) is 0 Å². The van der Waals surface area contributed by atoms with Gasteiger partial charge in [-0.2, -0.15) is 0 Å². The molecule has 3 heterocycles. The van der Waals surface area contributed by atoms with E-state index in [0.717, 1.165) is 17.7 Å². The Labute approximate surface area is 151 Å². The van der Waals surface area contributed by atoms with Gasteiger partial charge in [-0.25, -0.2) is 0 Å². The average Bonchev–Trinajstić information content (AvgIpc) is 2.61. The van der Waals surface area contributed by atoms with Crippen molar-refractivity contribution in [2.24, 2.45) is 5.92 Å². The predicted molar refractivity (Wildman–Crippen MR) is 98.6 cm³/mol. The summed E-state index contributed by atoms with van der Waals surface area (Å²) in [6.07, 6.45) is 4.41. The molecule has 2 atom stereocenters. The molecule has 128 valence electrons. The van der Waals surface area contributed by atoms with Gasteiger partial charge in [0.25, 0.3) is 5.56 Å². The van der Waals surface area contributed by atoms with Gasteiger partial charge in [0, 0.05) is 48.4 Å². The number of aromatic nitrogens is 1. The molecule has 4 nitrogen and oxygen atoms in total. The third kappa shape index (κ3) is 3.14. The fourth-order valence-electron chi connectivity index (χ4n) is 3.95. The van der Waals surface area contributed by atoms with Crippen LogP contribution < -0.4 is 5.56 Å². The minimum atomic E-state index is 0.00125. The van der Waals surface area contributed by atoms with E-state index in [1.165, 1.54) is 0 Å². The molecular weight excluding hydrogens is 336 g/mol. The van der Waals surface area contributed by atoms with Gasteiger partial charge in [-0.05, 0) is 36.1 Å². The van der Waals surface area contributed by atoms with Crippen LogP contribution in [-0.4, -0.2) is 28.5 Å². The van der Waals surface area contributed by atoms with Gasteiger partial charge in [0.2, 0.25) is 5.91 Å². The first-order valence-electron chi connectivity index (χ1n) is 8.53. The zero-order valence-electron chi connectivity index (χ0n) is 13.8. The van der Waals surface area contributed by atoms with E-state index in [-0.39, 0.29) is 17.4 Å². The summed E-state index contributed by atoms with van der Waals surface area (Å²) in [5.74, 6) is 0.574. The van der Waals surface area contributed by atoms with Crippen LogP contribution in [0.1, 0.15) is 23.6 Å². The van der Waals surface area contributed by atoms with Crippen LogP contribution in [0.3, 0.4) is 0 Å². The lowest BCUT2D eigenvalue weighted by molar-refractivity contribution is -0.128. The van der Waals surface area contributed by atoms with E-state index >= 15 is 0 Å². The van der Waals surface area contributed by atoms with Gasteiger partial charge in [-0.3, -0.25) is 9.59 Å². The van der Waals surface area contributed by atoms with Crippen molar-refractivity contribution in [3.05, 3.63) is 75.2 Å². The summed E-state index contributed by atoms with van der Waals surface area (Å²) in [6.45, 7) is 2.05. The maximum absolute atomic E-state index is 12.6. The van der Waals surface area contributed by atoms with Crippen LogP contribution in [0.2, 0.25) is 5.02 Å². The Bertz CT molecular complexity index is 903. The third-order valence-electron chi connectivity index (χ3n) is 5.10. The zero-order chi connectivity index (χ0) is 17.4. The van der Waals surface area contributed by atoms with Gasteiger partial charge < -0.3 is 9.47 Å². The van der Waals surface area contributed by atoms with Gasteiger partial charge in [0.15, 0.2) is 0 Å². The average molecular weight is 355 g/mol. The Morgan fingerprint density at radius 2 is 1.92 bits per heavy atom. The van der Waals surface area contributed by atoms with Gasteiger partial charge in [0.1, 0.15) is 0 Å². The minimum absolute atomic E-state index is 0.00125. The van der Waals surface area contributed by atoms with Crippen molar-refractivity contribution >= 4 is 23.6 Å². The number of carbonyl (C=O) groups excluding carboxylic acids is 1. The fourth-order valence-corrected chi connectivity index (χ4v) is 4.15. The molecule has 2 bridgehead atoms. The topological polar surface area (TPSA) is 42.3 Å². The number of amides is 1. The smallest absolute Gasteiger partial charge is 0.250 e. The van der Waals surface area contributed by atoms with Crippen LogP contribution >= 0.6 is 11.6 Å². The van der Waals surface area contributed by atoms with Crippen LogP contribution in [0.25, 0.3) is 6.08 Å². The second kappa shape index (κ2) is 6.52. The molecule has 1 fully saturated rings. The fraction of sp³-hybridized carbons (Fsp3) is 0.300. The van der Waals surface area contributed by atoms with E-state index in [2.05, 4.69) is 0 Å². The van der Waals surface area contributed by atoms with E-state index < -0.39 is 0 Å². The molecule has 25 heavy (non-hydrogen) atoms. The van der Waals surface area contributed by atoms with Crippen molar-refractivity contribution in [3.8, 4) is 0 Å². The van der Waals surface area contributed by atoms with Crippen molar-refractivity contribution in [2.45, 2.75) is 18.9 Å². The Hall–Kier alpha value is -2.33. The quantitative estimate of drug-likeness (QED) is 0.777. The molecule has 1 aromatic carbocycles. The molecule has 2 aromatic rings. The summed E-state index contributed by atoms with van der Waals surface area (Å²) in [5, 5.41) is 0.635. The van der Waals surface area contributed by atoms with Crippen molar-refractivity contribution in [3.63, 3.8) is 0 Å². The number of pyridine rings is 1. The molecule has 1 amide bonds. The van der Waals surface area contributed by atoms with E-state index in [0.29, 0.717) is 30.6 Å². The first-order valence-corrected chi connectivity index (χ1v) is 8.91. The second-order valence-electron chi connectivity index (χ2n) is 6.80. The van der Waals surface area contributed by atoms with Crippen molar-refractivity contribution in [2.75, 3.05) is 13.1 Å². The van der Waals surface area contributed by atoms with Crippen LogP contribution in [-0.2, 0) is 11.3 Å². The summed E-state index contributed by atoms with van der Waals surface area (Å²) in [6, 6.07) is 12.9. The molecule has 2 aliphatic heterocycles. The summed E-state index contributed by atoms with van der Waals surface area (Å²) >= 11 is 6.13. The Morgan fingerprint density at radius 3 is 2.76 bits per heavy atom. The molecule has 0 N–H and O–H groups in total. The summed E-state index contributed by atoms with van der Waals surface area (Å²) in [5.41, 5.74) is 1.95. The molecular formula is C20H19ClN2O2. The lowest BCUT2D eigenvalue weighted by Gasteiger charge is -2.42.